The van der Waals surface area contributed by atoms with E-state index in [1.165, 1.54) is 7.11 Å². The van der Waals surface area contributed by atoms with E-state index in [0.717, 1.165) is 6.42 Å². The number of ether oxygens (including phenoxy) is 1. The first-order chi connectivity index (χ1) is 8.88. The fraction of sp³-hybridized carbons (Fsp3) is 0.846. The smallest absolute Gasteiger partial charge is 0.407 e. The molecule has 0 unspecified atom stereocenters. The second-order valence-electron chi connectivity index (χ2n) is 4.97. The molecule has 2 amide bonds. The molecule has 0 bridgehead atoms. The van der Waals surface area contributed by atoms with Gasteiger partial charge in [-0.15, -0.1) is 0 Å². The van der Waals surface area contributed by atoms with Gasteiger partial charge in [0.1, 0.15) is 6.04 Å². The van der Waals surface area contributed by atoms with Crippen LogP contribution in [0.5, 0.6) is 0 Å². The van der Waals surface area contributed by atoms with E-state index in [1.54, 1.807) is 4.90 Å². The molecule has 0 saturated heterocycles. The average molecular weight is 273 g/mol. The van der Waals surface area contributed by atoms with E-state index >= 15 is 0 Å². The number of hydrogen-bond donors (Lipinski definition) is 2. The molecule has 0 heterocycles. The van der Waals surface area contributed by atoms with Gasteiger partial charge in [0.2, 0.25) is 5.91 Å². The second-order valence-corrected chi connectivity index (χ2v) is 4.97. The van der Waals surface area contributed by atoms with Crippen LogP contribution in [-0.4, -0.2) is 49.2 Å². The summed E-state index contributed by atoms with van der Waals surface area (Å²) in [5.41, 5.74) is 5.64. The van der Waals surface area contributed by atoms with Crippen LogP contribution in [0, 0.1) is 5.92 Å². The van der Waals surface area contributed by atoms with Gasteiger partial charge in [-0.1, -0.05) is 20.8 Å². The Morgan fingerprint density at radius 1 is 1.32 bits per heavy atom. The number of hydrogen-bond acceptors (Lipinski definition) is 4. The van der Waals surface area contributed by atoms with Gasteiger partial charge in [0.25, 0.3) is 0 Å². The minimum Gasteiger partial charge on any atom is -0.453 e. The Kier molecular flexibility index (Phi) is 8.14. The molecular formula is C13H27N3O3. The van der Waals surface area contributed by atoms with Gasteiger partial charge >= 0.3 is 6.09 Å². The first kappa shape index (κ1) is 17.7. The summed E-state index contributed by atoms with van der Waals surface area (Å²) in [6.45, 7) is 8.70. The molecule has 0 aromatic heterocycles. The highest BCUT2D eigenvalue weighted by Gasteiger charge is 2.30. The van der Waals surface area contributed by atoms with Gasteiger partial charge in [0.05, 0.1) is 7.11 Å². The lowest BCUT2D eigenvalue weighted by molar-refractivity contribution is -0.136. The summed E-state index contributed by atoms with van der Waals surface area (Å²) >= 11 is 0. The normalized spacial score (nSPS) is 13.8. The molecule has 0 aromatic rings. The minimum atomic E-state index is -0.594. The van der Waals surface area contributed by atoms with Crippen molar-refractivity contribution in [2.75, 3.05) is 20.2 Å². The number of methoxy groups -OCH3 is 1. The molecule has 6 nitrogen and oxygen atoms in total. The molecule has 0 aliphatic heterocycles. The van der Waals surface area contributed by atoms with Crippen LogP contribution in [0.4, 0.5) is 4.79 Å². The summed E-state index contributed by atoms with van der Waals surface area (Å²) in [5.74, 6) is -0.129. The number of nitrogens with zero attached hydrogens (tertiary/aromatic N) is 1. The lowest BCUT2D eigenvalue weighted by atomic mass is 10.0. The van der Waals surface area contributed by atoms with Crippen LogP contribution in [0.15, 0.2) is 0 Å². The third-order valence-electron chi connectivity index (χ3n) is 3.01. The second kappa shape index (κ2) is 8.74. The van der Waals surface area contributed by atoms with Gasteiger partial charge in [0, 0.05) is 19.1 Å². The highest BCUT2D eigenvalue weighted by molar-refractivity contribution is 5.86. The summed E-state index contributed by atoms with van der Waals surface area (Å²) in [7, 11) is 1.28. The number of rotatable bonds is 7. The molecular weight excluding hydrogens is 246 g/mol. The van der Waals surface area contributed by atoms with Crippen molar-refractivity contribution in [1.82, 2.24) is 10.2 Å². The highest BCUT2D eigenvalue weighted by Crippen LogP contribution is 2.10. The van der Waals surface area contributed by atoms with Gasteiger partial charge in [-0.05, 0) is 19.3 Å². The number of carbonyl (C=O) groups excluding carboxylic acids is 2. The van der Waals surface area contributed by atoms with E-state index in [4.69, 9.17) is 5.73 Å². The van der Waals surface area contributed by atoms with Crippen LogP contribution in [0.3, 0.4) is 0 Å². The molecule has 0 fully saturated rings. The van der Waals surface area contributed by atoms with Crippen molar-refractivity contribution in [1.29, 1.82) is 0 Å². The Hall–Kier alpha value is -1.30. The summed E-state index contributed by atoms with van der Waals surface area (Å²) in [4.78, 5) is 25.6. The van der Waals surface area contributed by atoms with E-state index in [9.17, 15) is 9.59 Å². The number of carbonyl (C=O) groups is 2. The van der Waals surface area contributed by atoms with Gasteiger partial charge in [-0.25, -0.2) is 4.79 Å². The lowest BCUT2D eigenvalue weighted by Gasteiger charge is -2.33. The van der Waals surface area contributed by atoms with E-state index in [1.807, 2.05) is 27.7 Å². The van der Waals surface area contributed by atoms with Gasteiger partial charge in [0.15, 0.2) is 0 Å². The molecule has 0 spiro atoms. The van der Waals surface area contributed by atoms with Gasteiger partial charge in [-0.2, -0.15) is 0 Å². The third-order valence-corrected chi connectivity index (χ3v) is 3.01. The predicted molar refractivity (Wildman–Crippen MR) is 74.7 cm³/mol. The zero-order valence-corrected chi connectivity index (χ0v) is 12.6. The van der Waals surface area contributed by atoms with Crippen LogP contribution in [0.2, 0.25) is 0 Å². The Morgan fingerprint density at radius 3 is 2.26 bits per heavy atom. The van der Waals surface area contributed by atoms with Crippen molar-refractivity contribution in [2.45, 2.75) is 46.2 Å². The molecule has 112 valence electrons. The molecule has 0 rings (SSSR count). The van der Waals surface area contributed by atoms with E-state index in [2.05, 4.69) is 10.1 Å². The van der Waals surface area contributed by atoms with Crippen LogP contribution in [0.25, 0.3) is 0 Å². The largest absolute Gasteiger partial charge is 0.453 e. The van der Waals surface area contributed by atoms with Crippen molar-refractivity contribution in [3.05, 3.63) is 0 Å². The third kappa shape index (κ3) is 5.46. The standard InChI is InChI=1S/C13H27N3O3/c1-6-7-16(10(4)8-14)12(17)11(9(2)3)15-13(18)19-5/h9-11H,6-8,14H2,1-5H3,(H,15,18)/t10-,11-/m0/s1. The molecule has 0 aromatic carbocycles. The molecule has 0 aliphatic rings. The van der Waals surface area contributed by atoms with Crippen molar-refractivity contribution in [3.8, 4) is 0 Å². The predicted octanol–water partition coefficient (Wildman–Crippen LogP) is 0.953. The van der Waals surface area contributed by atoms with Crippen LogP contribution >= 0.6 is 0 Å². The topological polar surface area (TPSA) is 84.7 Å². The highest BCUT2D eigenvalue weighted by atomic mass is 16.5. The molecule has 3 N–H and O–H groups in total. The Balaban J connectivity index is 4.97. The number of alkyl carbamates (subject to hydrolysis) is 1. The molecule has 6 heteroatoms. The summed E-state index contributed by atoms with van der Waals surface area (Å²) < 4.78 is 4.56. The van der Waals surface area contributed by atoms with Crippen molar-refractivity contribution in [3.63, 3.8) is 0 Å². The zero-order valence-electron chi connectivity index (χ0n) is 12.6. The Labute approximate surface area is 115 Å². The lowest BCUT2D eigenvalue weighted by Crippen LogP contribution is -2.54. The van der Waals surface area contributed by atoms with E-state index in [-0.39, 0.29) is 17.9 Å². The number of nitrogens with two attached hydrogens (primary N) is 1. The van der Waals surface area contributed by atoms with Gasteiger partial charge < -0.3 is 20.7 Å². The van der Waals surface area contributed by atoms with Gasteiger partial charge in [-0.3, -0.25) is 4.79 Å². The fourth-order valence-corrected chi connectivity index (χ4v) is 1.79. The molecule has 0 radical (unpaired) electrons. The van der Waals surface area contributed by atoms with Crippen LogP contribution in [0.1, 0.15) is 34.1 Å². The van der Waals surface area contributed by atoms with Crippen molar-refractivity contribution < 1.29 is 14.3 Å². The fourth-order valence-electron chi connectivity index (χ4n) is 1.79. The number of nitrogens with one attached hydrogen (secondary N) is 1. The maximum absolute atomic E-state index is 12.5. The molecule has 0 aliphatic carbocycles. The Bertz CT molecular complexity index is 295. The molecule has 19 heavy (non-hydrogen) atoms. The minimum absolute atomic E-state index is 0.0177. The van der Waals surface area contributed by atoms with Crippen LogP contribution in [-0.2, 0) is 9.53 Å². The molecule has 2 atom stereocenters. The summed E-state index contributed by atoms with van der Waals surface area (Å²) in [6, 6.07) is -0.638. The first-order valence-electron chi connectivity index (χ1n) is 6.73. The number of amides is 2. The maximum atomic E-state index is 12.5. The SMILES string of the molecule is CCCN(C(=O)[C@@H](NC(=O)OC)C(C)C)[C@@H](C)CN. The maximum Gasteiger partial charge on any atom is 0.407 e. The van der Waals surface area contributed by atoms with E-state index < -0.39 is 12.1 Å². The van der Waals surface area contributed by atoms with E-state index in [0.29, 0.717) is 13.1 Å². The zero-order chi connectivity index (χ0) is 15.0. The summed E-state index contributed by atoms with van der Waals surface area (Å²) in [5, 5.41) is 2.59. The summed E-state index contributed by atoms with van der Waals surface area (Å²) in [6.07, 6.45) is 0.253. The quantitative estimate of drug-likeness (QED) is 0.723. The first-order valence-corrected chi connectivity index (χ1v) is 6.73. The van der Waals surface area contributed by atoms with Crippen LogP contribution < -0.4 is 11.1 Å². The molecule has 0 saturated carbocycles. The van der Waals surface area contributed by atoms with Crippen molar-refractivity contribution >= 4 is 12.0 Å². The Morgan fingerprint density at radius 2 is 1.89 bits per heavy atom. The van der Waals surface area contributed by atoms with Crippen molar-refractivity contribution in [2.24, 2.45) is 11.7 Å². The average Bonchev–Trinajstić information content (AvgIpc) is 2.39. The monoisotopic (exact) mass is 273 g/mol.